The van der Waals surface area contributed by atoms with Crippen molar-refractivity contribution in [3.05, 3.63) is 0 Å². The molecule has 1 unspecified atom stereocenters. The fraction of sp³-hybridized carbons (Fsp3) is 0.929. The summed E-state index contributed by atoms with van der Waals surface area (Å²) < 4.78 is 0. The molecule has 0 heterocycles. The van der Waals surface area contributed by atoms with Gasteiger partial charge in [0.2, 0.25) is 0 Å². The number of carboxylic acids is 1. The summed E-state index contributed by atoms with van der Waals surface area (Å²) in [5.74, 6) is -0.148. The van der Waals surface area contributed by atoms with Crippen LogP contribution in [0.5, 0.6) is 0 Å². The molecular formula is C14H27NO2. The number of carbonyl (C=O) groups is 1. The molecule has 2 N–H and O–H groups in total. The molecule has 1 aliphatic carbocycles. The topological polar surface area (TPSA) is 49.3 Å². The van der Waals surface area contributed by atoms with Gasteiger partial charge in [0.05, 0.1) is 0 Å². The lowest BCUT2D eigenvalue weighted by Crippen LogP contribution is -2.54. The largest absolute Gasteiger partial charge is 0.480 e. The summed E-state index contributed by atoms with van der Waals surface area (Å²) in [5, 5.41) is 12.8. The number of hydrogen-bond donors (Lipinski definition) is 2. The van der Waals surface area contributed by atoms with Gasteiger partial charge in [-0.3, -0.25) is 10.1 Å². The van der Waals surface area contributed by atoms with Crippen LogP contribution in [-0.2, 0) is 4.79 Å². The van der Waals surface area contributed by atoms with Crippen LogP contribution < -0.4 is 5.32 Å². The molecule has 0 bridgehead atoms. The molecule has 1 atom stereocenters. The highest BCUT2D eigenvalue weighted by Crippen LogP contribution is 2.23. The molecule has 1 aliphatic rings. The van der Waals surface area contributed by atoms with E-state index < -0.39 is 11.5 Å². The van der Waals surface area contributed by atoms with E-state index in [1.165, 1.54) is 19.3 Å². The molecule has 0 aromatic heterocycles. The third-order valence-corrected chi connectivity index (χ3v) is 3.82. The SMILES string of the molecule is CC(C)CCC(C)(NC1CCCCC1)C(=O)O. The van der Waals surface area contributed by atoms with Crippen LogP contribution in [0.15, 0.2) is 0 Å². The molecular weight excluding hydrogens is 214 g/mol. The molecule has 0 saturated heterocycles. The van der Waals surface area contributed by atoms with Crippen LogP contribution in [0, 0.1) is 5.92 Å². The van der Waals surface area contributed by atoms with E-state index in [9.17, 15) is 9.90 Å². The van der Waals surface area contributed by atoms with E-state index in [1.807, 2.05) is 6.92 Å². The standard InChI is InChI=1S/C14H27NO2/c1-11(2)9-10-14(3,13(16)17)15-12-7-5-4-6-8-12/h11-12,15H,4-10H2,1-3H3,(H,16,17). The molecule has 0 radical (unpaired) electrons. The average Bonchev–Trinajstić information content (AvgIpc) is 2.27. The molecule has 1 fully saturated rings. The fourth-order valence-electron chi connectivity index (χ4n) is 2.52. The maximum atomic E-state index is 11.4. The number of hydrogen-bond acceptors (Lipinski definition) is 2. The summed E-state index contributed by atoms with van der Waals surface area (Å²) in [6.45, 7) is 6.12. The third kappa shape index (κ3) is 4.66. The zero-order valence-corrected chi connectivity index (χ0v) is 11.5. The Morgan fingerprint density at radius 3 is 2.41 bits per heavy atom. The molecule has 0 aliphatic heterocycles. The van der Waals surface area contributed by atoms with Gasteiger partial charge in [-0.15, -0.1) is 0 Å². The number of nitrogens with one attached hydrogen (secondary N) is 1. The molecule has 17 heavy (non-hydrogen) atoms. The van der Waals surface area contributed by atoms with Crippen LogP contribution in [0.3, 0.4) is 0 Å². The molecule has 0 spiro atoms. The van der Waals surface area contributed by atoms with Gasteiger partial charge in [0, 0.05) is 6.04 Å². The normalized spacial score (nSPS) is 21.4. The van der Waals surface area contributed by atoms with Crippen molar-refractivity contribution in [1.82, 2.24) is 5.32 Å². The molecule has 3 heteroatoms. The summed E-state index contributed by atoms with van der Waals surface area (Å²) in [6, 6.07) is 0.400. The third-order valence-electron chi connectivity index (χ3n) is 3.82. The zero-order chi connectivity index (χ0) is 12.9. The molecule has 1 rings (SSSR count). The molecule has 100 valence electrons. The monoisotopic (exact) mass is 241 g/mol. The Hall–Kier alpha value is -0.570. The maximum absolute atomic E-state index is 11.4. The van der Waals surface area contributed by atoms with Crippen LogP contribution in [0.4, 0.5) is 0 Å². The highest BCUT2D eigenvalue weighted by atomic mass is 16.4. The van der Waals surface area contributed by atoms with Gasteiger partial charge < -0.3 is 5.11 Å². The van der Waals surface area contributed by atoms with Gasteiger partial charge in [0.1, 0.15) is 5.54 Å². The van der Waals surface area contributed by atoms with Crippen LogP contribution >= 0.6 is 0 Å². The van der Waals surface area contributed by atoms with Crippen molar-refractivity contribution >= 4 is 5.97 Å². The second-order valence-corrected chi connectivity index (χ2v) is 6.05. The number of carboxylic acid groups (broad SMARTS) is 1. The van der Waals surface area contributed by atoms with Crippen molar-refractivity contribution in [2.75, 3.05) is 0 Å². The quantitative estimate of drug-likeness (QED) is 0.751. The van der Waals surface area contributed by atoms with Crippen molar-refractivity contribution in [3.63, 3.8) is 0 Å². The summed E-state index contributed by atoms with van der Waals surface area (Å²) in [6.07, 6.45) is 7.71. The highest BCUT2D eigenvalue weighted by molar-refractivity contribution is 5.78. The first-order chi connectivity index (χ1) is 7.94. The van der Waals surface area contributed by atoms with Crippen molar-refractivity contribution in [3.8, 4) is 0 Å². The molecule has 0 aromatic carbocycles. The van der Waals surface area contributed by atoms with Crippen LogP contribution in [0.25, 0.3) is 0 Å². The van der Waals surface area contributed by atoms with E-state index in [0.717, 1.165) is 25.7 Å². The molecule has 1 saturated carbocycles. The predicted octanol–water partition coefficient (Wildman–Crippen LogP) is 3.19. The fourth-order valence-corrected chi connectivity index (χ4v) is 2.52. The lowest BCUT2D eigenvalue weighted by Gasteiger charge is -2.34. The van der Waals surface area contributed by atoms with Gasteiger partial charge in [0.15, 0.2) is 0 Å². The Labute approximate surface area is 105 Å². The van der Waals surface area contributed by atoms with Crippen LogP contribution in [0.2, 0.25) is 0 Å². The highest BCUT2D eigenvalue weighted by Gasteiger charge is 2.35. The van der Waals surface area contributed by atoms with Crippen molar-refractivity contribution in [1.29, 1.82) is 0 Å². The number of rotatable bonds is 6. The average molecular weight is 241 g/mol. The van der Waals surface area contributed by atoms with E-state index in [2.05, 4.69) is 19.2 Å². The first-order valence-corrected chi connectivity index (χ1v) is 6.95. The Kier molecular flexibility index (Phi) is 5.44. The predicted molar refractivity (Wildman–Crippen MR) is 70.1 cm³/mol. The van der Waals surface area contributed by atoms with E-state index in [4.69, 9.17) is 0 Å². The Morgan fingerprint density at radius 1 is 1.35 bits per heavy atom. The summed E-state index contributed by atoms with van der Waals surface area (Å²) >= 11 is 0. The maximum Gasteiger partial charge on any atom is 0.323 e. The van der Waals surface area contributed by atoms with Gasteiger partial charge in [-0.05, 0) is 38.5 Å². The second-order valence-electron chi connectivity index (χ2n) is 6.05. The lowest BCUT2D eigenvalue weighted by atomic mass is 9.88. The van der Waals surface area contributed by atoms with Gasteiger partial charge in [0.25, 0.3) is 0 Å². The Bertz CT molecular complexity index is 247. The van der Waals surface area contributed by atoms with Crippen LogP contribution in [0.1, 0.15) is 65.7 Å². The van der Waals surface area contributed by atoms with Crippen molar-refractivity contribution < 1.29 is 9.90 Å². The first-order valence-electron chi connectivity index (χ1n) is 6.95. The zero-order valence-electron chi connectivity index (χ0n) is 11.5. The van der Waals surface area contributed by atoms with E-state index in [0.29, 0.717) is 12.0 Å². The summed E-state index contributed by atoms with van der Waals surface area (Å²) in [4.78, 5) is 11.4. The van der Waals surface area contributed by atoms with Gasteiger partial charge in [-0.2, -0.15) is 0 Å². The minimum absolute atomic E-state index is 0.400. The summed E-state index contributed by atoms with van der Waals surface area (Å²) in [5.41, 5.74) is -0.744. The van der Waals surface area contributed by atoms with E-state index >= 15 is 0 Å². The van der Waals surface area contributed by atoms with Gasteiger partial charge in [-0.25, -0.2) is 0 Å². The minimum atomic E-state index is -0.744. The van der Waals surface area contributed by atoms with E-state index in [1.54, 1.807) is 0 Å². The van der Waals surface area contributed by atoms with Gasteiger partial charge >= 0.3 is 5.97 Å². The Morgan fingerprint density at radius 2 is 1.94 bits per heavy atom. The first kappa shape index (κ1) is 14.5. The Balaban J connectivity index is 2.53. The molecule has 3 nitrogen and oxygen atoms in total. The van der Waals surface area contributed by atoms with E-state index in [-0.39, 0.29) is 0 Å². The smallest absolute Gasteiger partial charge is 0.323 e. The minimum Gasteiger partial charge on any atom is -0.480 e. The van der Waals surface area contributed by atoms with Gasteiger partial charge in [-0.1, -0.05) is 33.1 Å². The number of aliphatic carboxylic acids is 1. The lowest BCUT2D eigenvalue weighted by molar-refractivity contribution is -0.145. The molecule has 0 aromatic rings. The van der Waals surface area contributed by atoms with Crippen molar-refractivity contribution in [2.45, 2.75) is 77.3 Å². The van der Waals surface area contributed by atoms with Crippen LogP contribution in [-0.4, -0.2) is 22.7 Å². The van der Waals surface area contributed by atoms with Crippen molar-refractivity contribution in [2.24, 2.45) is 5.92 Å². The molecule has 0 amide bonds. The second kappa shape index (κ2) is 6.39. The summed E-state index contributed by atoms with van der Waals surface area (Å²) in [7, 11) is 0.